The van der Waals surface area contributed by atoms with E-state index in [0.29, 0.717) is 12.3 Å². The first kappa shape index (κ1) is 13.8. The average Bonchev–Trinajstić information content (AvgIpc) is 2.13. The number of carboxylic acids is 1. The SMILES string of the molecule is CCC[C@H](NC(=O)NC(C)C1CCC1)C(=O)O. The van der Waals surface area contributed by atoms with Gasteiger partial charge in [0.05, 0.1) is 0 Å². The van der Waals surface area contributed by atoms with Crippen molar-refractivity contribution in [1.82, 2.24) is 10.6 Å². The van der Waals surface area contributed by atoms with Crippen LogP contribution >= 0.6 is 0 Å². The van der Waals surface area contributed by atoms with E-state index in [1.54, 1.807) is 0 Å². The van der Waals surface area contributed by atoms with Crippen LogP contribution in [-0.2, 0) is 4.79 Å². The number of nitrogens with one attached hydrogen (secondary N) is 2. The van der Waals surface area contributed by atoms with Crippen molar-refractivity contribution in [2.45, 2.75) is 58.0 Å². The van der Waals surface area contributed by atoms with Crippen LogP contribution in [0.4, 0.5) is 4.79 Å². The summed E-state index contributed by atoms with van der Waals surface area (Å²) < 4.78 is 0. The third kappa shape index (κ3) is 4.24. The van der Waals surface area contributed by atoms with Gasteiger partial charge in [0.1, 0.15) is 6.04 Å². The summed E-state index contributed by atoms with van der Waals surface area (Å²) in [7, 11) is 0. The molecule has 0 aliphatic heterocycles. The second-order valence-corrected chi connectivity index (χ2v) is 4.78. The highest BCUT2D eigenvalue weighted by Gasteiger charge is 2.26. The van der Waals surface area contributed by atoms with Crippen molar-refractivity contribution >= 4 is 12.0 Å². The second-order valence-electron chi connectivity index (χ2n) is 4.78. The van der Waals surface area contributed by atoms with Gasteiger partial charge in [-0.05, 0) is 32.1 Å². The molecule has 1 aliphatic rings. The van der Waals surface area contributed by atoms with E-state index in [1.165, 1.54) is 6.42 Å². The van der Waals surface area contributed by atoms with E-state index in [1.807, 2.05) is 13.8 Å². The molecule has 0 heterocycles. The molecule has 5 heteroatoms. The summed E-state index contributed by atoms with van der Waals surface area (Å²) in [6.07, 6.45) is 4.72. The lowest BCUT2D eigenvalue weighted by molar-refractivity contribution is -0.139. The zero-order valence-corrected chi connectivity index (χ0v) is 10.5. The maximum absolute atomic E-state index is 11.6. The van der Waals surface area contributed by atoms with Crippen molar-refractivity contribution in [2.75, 3.05) is 0 Å². The minimum Gasteiger partial charge on any atom is -0.480 e. The molecule has 2 atom stereocenters. The minimum absolute atomic E-state index is 0.125. The molecule has 0 saturated heterocycles. The average molecular weight is 242 g/mol. The van der Waals surface area contributed by atoms with Gasteiger partial charge in [-0.3, -0.25) is 0 Å². The number of urea groups is 1. The second kappa shape index (κ2) is 6.47. The van der Waals surface area contributed by atoms with Crippen molar-refractivity contribution in [3.8, 4) is 0 Å². The molecular weight excluding hydrogens is 220 g/mol. The van der Waals surface area contributed by atoms with E-state index in [2.05, 4.69) is 10.6 Å². The number of hydrogen-bond acceptors (Lipinski definition) is 2. The quantitative estimate of drug-likeness (QED) is 0.663. The van der Waals surface area contributed by atoms with Gasteiger partial charge in [-0.15, -0.1) is 0 Å². The predicted molar refractivity (Wildman–Crippen MR) is 64.8 cm³/mol. The monoisotopic (exact) mass is 242 g/mol. The van der Waals surface area contributed by atoms with E-state index >= 15 is 0 Å². The Labute approximate surface area is 102 Å². The van der Waals surface area contributed by atoms with Crippen LogP contribution in [0.5, 0.6) is 0 Å². The van der Waals surface area contributed by atoms with Crippen molar-refractivity contribution in [1.29, 1.82) is 0 Å². The first-order chi connectivity index (χ1) is 8.04. The largest absolute Gasteiger partial charge is 0.480 e. The number of amides is 2. The smallest absolute Gasteiger partial charge is 0.326 e. The highest BCUT2D eigenvalue weighted by Crippen LogP contribution is 2.29. The van der Waals surface area contributed by atoms with Gasteiger partial charge in [-0.1, -0.05) is 19.8 Å². The van der Waals surface area contributed by atoms with Crippen molar-refractivity contribution in [2.24, 2.45) is 5.92 Å². The molecule has 2 amide bonds. The molecule has 98 valence electrons. The summed E-state index contributed by atoms with van der Waals surface area (Å²) in [6.45, 7) is 3.87. The van der Waals surface area contributed by atoms with E-state index in [4.69, 9.17) is 5.11 Å². The maximum Gasteiger partial charge on any atom is 0.326 e. The molecule has 0 spiro atoms. The summed E-state index contributed by atoms with van der Waals surface area (Å²) in [6, 6.07) is -1.03. The van der Waals surface area contributed by atoms with Gasteiger partial charge in [0.15, 0.2) is 0 Å². The number of aliphatic carboxylic acids is 1. The van der Waals surface area contributed by atoms with E-state index in [-0.39, 0.29) is 12.1 Å². The molecule has 3 N–H and O–H groups in total. The highest BCUT2D eigenvalue weighted by atomic mass is 16.4. The summed E-state index contributed by atoms with van der Waals surface area (Å²) in [4.78, 5) is 22.5. The molecule has 1 saturated carbocycles. The van der Waals surface area contributed by atoms with Gasteiger partial charge in [0.2, 0.25) is 0 Å². The molecule has 0 aromatic heterocycles. The topological polar surface area (TPSA) is 78.4 Å². The van der Waals surface area contributed by atoms with Crippen molar-refractivity contribution in [3.63, 3.8) is 0 Å². The third-order valence-electron chi connectivity index (χ3n) is 3.40. The molecule has 1 unspecified atom stereocenters. The summed E-state index contributed by atoms with van der Waals surface area (Å²) in [5.74, 6) is -0.423. The molecule has 1 rings (SSSR count). The predicted octanol–water partition coefficient (Wildman–Crippen LogP) is 1.73. The Morgan fingerprint density at radius 1 is 1.35 bits per heavy atom. The van der Waals surface area contributed by atoms with Crippen LogP contribution < -0.4 is 10.6 Å². The van der Waals surface area contributed by atoms with E-state index in [9.17, 15) is 9.59 Å². The molecule has 0 aromatic rings. The fourth-order valence-corrected chi connectivity index (χ4v) is 2.01. The first-order valence-corrected chi connectivity index (χ1v) is 6.34. The zero-order chi connectivity index (χ0) is 12.8. The Kier molecular flexibility index (Phi) is 5.25. The van der Waals surface area contributed by atoms with Crippen LogP contribution in [0, 0.1) is 5.92 Å². The Balaban J connectivity index is 2.33. The maximum atomic E-state index is 11.6. The number of carboxylic acid groups (broad SMARTS) is 1. The fraction of sp³-hybridized carbons (Fsp3) is 0.833. The van der Waals surface area contributed by atoms with Crippen LogP contribution in [-0.4, -0.2) is 29.2 Å². The molecular formula is C12H22N2O3. The van der Waals surface area contributed by atoms with Gasteiger partial charge < -0.3 is 15.7 Å². The van der Waals surface area contributed by atoms with E-state index in [0.717, 1.165) is 19.3 Å². The number of rotatable bonds is 6. The van der Waals surface area contributed by atoms with E-state index < -0.39 is 12.0 Å². The zero-order valence-electron chi connectivity index (χ0n) is 10.5. The third-order valence-corrected chi connectivity index (χ3v) is 3.40. The van der Waals surface area contributed by atoms with Gasteiger partial charge in [-0.2, -0.15) is 0 Å². The van der Waals surface area contributed by atoms with Crippen LogP contribution in [0.2, 0.25) is 0 Å². The van der Waals surface area contributed by atoms with Crippen molar-refractivity contribution in [3.05, 3.63) is 0 Å². The standard InChI is InChI=1S/C12H22N2O3/c1-3-5-10(11(15)16)14-12(17)13-8(2)9-6-4-7-9/h8-10H,3-7H2,1-2H3,(H,15,16)(H2,13,14,17)/t8?,10-/m0/s1. The summed E-state index contributed by atoms with van der Waals surface area (Å²) >= 11 is 0. The number of carbonyl (C=O) groups is 2. The summed E-state index contributed by atoms with van der Waals surface area (Å²) in [5.41, 5.74) is 0. The Morgan fingerprint density at radius 2 is 2.00 bits per heavy atom. The molecule has 0 aromatic carbocycles. The van der Waals surface area contributed by atoms with Crippen LogP contribution in [0.15, 0.2) is 0 Å². The number of carbonyl (C=O) groups excluding carboxylic acids is 1. The fourth-order valence-electron chi connectivity index (χ4n) is 2.01. The lowest BCUT2D eigenvalue weighted by atomic mass is 9.80. The molecule has 5 nitrogen and oxygen atoms in total. The van der Waals surface area contributed by atoms with Gasteiger partial charge >= 0.3 is 12.0 Å². The lowest BCUT2D eigenvalue weighted by Gasteiger charge is -2.32. The first-order valence-electron chi connectivity index (χ1n) is 6.34. The number of hydrogen-bond donors (Lipinski definition) is 3. The van der Waals surface area contributed by atoms with Crippen LogP contribution in [0.25, 0.3) is 0 Å². The summed E-state index contributed by atoms with van der Waals surface area (Å²) in [5, 5.41) is 14.2. The molecule has 1 aliphatic carbocycles. The van der Waals surface area contributed by atoms with Crippen LogP contribution in [0.3, 0.4) is 0 Å². The van der Waals surface area contributed by atoms with Crippen LogP contribution in [0.1, 0.15) is 46.0 Å². The Hall–Kier alpha value is -1.26. The van der Waals surface area contributed by atoms with Crippen molar-refractivity contribution < 1.29 is 14.7 Å². The Morgan fingerprint density at radius 3 is 2.41 bits per heavy atom. The normalized spacial score (nSPS) is 18.9. The lowest BCUT2D eigenvalue weighted by Crippen LogP contribution is -2.50. The van der Waals surface area contributed by atoms with Gasteiger partial charge in [0, 0.05) is 6.04 Å². The Bertz CT molecular complexity index is 277. The van der Waals surface area contributed by atoms with Gasteiger partial charge in [0.25, 0.3) is 0 Å². The highest BCUT2D eigenvalue weighted by molar-refractivity contribution is 5.82. The minimum atomic E-state index is -0.974. The molecule has 1 fully saturated rings. The molecule has 17 heavy (non-hydrogen) atoms. The molecule has 0 bridgehead atoms. The molecule has 0 radical (unpaired) electrons. The van der Waals surface area contributed by atoms with Gasteiger partial charge in [-0.25, -0.2) is 9.59 Å².